The maximum Gasteiger partial charge on any atom is 0.319 e. The number of anilines is 1. The molecule has 0 fully saturated rings. The zero-order valence-corrected chi connectivity index (χ0v) is 11.5. The normalized spacial score (nSPS) is 11.1. The van der Waals surface area contributed by atoms with E-state index in [1.165, 1.54) is 0 Å². The first-order valence-corrected chi connectivity index (χ1v) is 6.18. The highest BCUT2D eigenvalue weighted by molar-refractivity contribution is 9.10. The molecule has 0 spiro atoms. The molecule has 4 nitrogen and oxygen atoms in total. The third-order valence-corrected chi connectivity index (χ3v) is 2.82. The van der Waals surface area contributed by atoms with Gasteiger partial charge >= 0.3 is 6.03 Å². The number of carbonyl (C=O) groups excluding carboxylic acids is 1. The van der Waals surface area contributed by atoms with E-state index in [-0.39, 0.29) is 12.6 Å². The summed E-state index contributed by atoms with van der Waals surface area (Å²) in [6.45, 7) is 3.78. The van der Waals surface area contributed by atoms with Gasteiger partial charge in [0.25, 0.3) is 0 Å². The number of aliphatic hydroxyl groups is 1. The van der Waals surface area contributed by atoms with E-state index in [1.54, 1.807) is 0 Å². The summed E-state index contributed by atoms with van der Waals surface area (Å²) in [5.74, 6) is 0. The molecule has 5 heteroatoms. The molecule has 0 aliphatic carbocycles. The average molecular weight is 301 g/mol. The van der Waals surface area contributed by atoms with E-state index in [0.29, 0.717) is 6.42 Å². The molecule has 0 bridgehead atoms. The summed E-state index contributed by atoms with van der Waals surface area (Å²) in [5, 5.41) is 14.4. The van der Waals surface area contributed by atoms with Gasteiger partial charge in [-0.1, -0.05) is 15.9 Å². The number of carbonyl (C=O) groups is 1. The minimum atomic E-state index is -0.422. The molecule has 0 aliphatic rings. The Bertz CT molecular complexity index is 377. The lowest BCUT2D eigenvalue weighted by Crippen LogP contribution is -2.46. The van der Waals surface area contributed by atoms with Crippen molar-refractivity contribution in [3.8, 4) is 0 Å². The van der Waals surface area contributed by atoms with Crippen LogP contribution in [0, 0.1) is 0 Å². The highest BCUT2D eigenvalue weighted by Gasteiger charge is 2.19. The van der Waals surface area contributed by atoms with Gasteiger partial charge in [0.2, 0.25) is 0 Å². The van der Waals surface area contributed by atoms with Crippen molar-refractivity contribution in [3.63, 3.8) is 0 Å². The Morgan fingerprint density at radius 1 is 1.35 bits per heavy atom. The van der Waals surface area contributed by atoms with Crippen LogP contribution >= 0.6 is 15.9 Å². The number of rotatable bonds is 4. The van der Waals surface area contributed by atoms with Crippen molar-refractivity contribution in [3.05, 3.63) is 28.7 Å². The number of nitrogens with one attached hydrogen (secondary N) is 2. The third-order valence-electron chi connectivity index (χ3n) is 2.29. The van der Waals surface area contributed by atoms with Gasteiger partial charge in [-0.15, -0.1) is 0 Å². The molecule has 0 unspecified atom stereocenters. The van der Waals surface area contributed by atoms with E-state index in [1.807, 2.05) is 38.1 Å². The van der Waals surface area contributed by atoms with Crippen LogP contribution in [0.1, 0.15) is 20.3 Å². The molecule has 0 saturated carbocycles. The molecule has 0 atom stereocenters. The molecule has 17 heavy (non-hydrogen) atoms. The predicted molar refractivity (Wildman–Crippen MR) is 72.1 cm³/mol. The molecule has 3 N–H and O–H groups in total. The first kappa shape index (κ1) is 14.0. The van der Waals surface area contributed by atoms with Gasteiger partial charge in [0.1, 0.15) is 0 Å². The summed E-state index contributed by atoms with van der Waals surface area (Å²) in [4.78, 5) is 11.7. The first-order chi connectivity index (χ1) is 7.93. The number of urea groups is 1. The molecule has 2 amide bonds. The molecule has 0 aromatic heterocycles. The number of benzene rings is 1. The molecular formula is C12H17BrN2O2. The van der Waals surface area contributed by atoms with Gasteiger partial charge in [0.05, 0.1) is 0 Å². The number of amides is 2. The van der Waals surface area contributed by atoms with Crippen molar-refractivity contribution in [2.45, 2.75) is 25.8 Å². The Morgan fingerprint density at radius 3 is 2.47 bits per heavy atom. The molecule has 0 radical (unpaired) electrons. The predicted octanol–water partition coefficient (Wildman–Crippen LogP) is 2.73. The largest absolute Gasteiger partial charge is 0.396 e. The van der Waals surface area contributed by atoms with Gasteiger partial charge in [-0.25, -0.2) is 4.79 Å². The fourth-order valence-electron chi connectivity index (χ4n) is 1.34. The van der Waals surface area contributed by atoms with E-state index in [2.05, 4.69) is 26.6 Å². The molecule has 94 valence electrons. The topological polar surface area (TPSA) is 61.4 Å². The monoisotopic (exact) mass is 300 g/mol. The number of halogens is 1. The van der Waals surface area contributed by atoms with Crippen LogP contribution in [-0.2, 0) is 0 Å². The summed E-state index contributed by atoms with van der Waals surface area (Å²) < 4.78 is 0.962. The SMILES string of the molecule is CC(C)(CCO)NC(=O)Nc1ccc(Br)cc1. The highest BCUT2D eigenvalue weighted by atomic mass is 79.9. The minimum Gasteiger partial charge on any atom is -0.396 e. The Kier molecular flexibility index (Phi) is 4.96. The van der Waals surface area contributed by atoms with Crippen LogP contribution in [0.2, 0.25) is 0 Å². The second-order valence-electron chi connectivity index (χ2n) is 4.44. The maximum absolute atomic E-state index is 11.7. The van der Waals surface area contributed by atoms with Crippen LogP contribution in [0.3, 0.4) is 0 Å². The second-order valence-corrected chi connectivity index (χ2v) is 5.36. The van der Waals surface area contributed by atoms with Crippen molar-refractivity contribution in [1.82, 2.24) is 5.32 Å². The van der Waals surface area contributed by atoms with Crippen molar-refractivity contribution in [1.29, 1.82) is 0 Å². The van der Waals surface area contributed by atoms with E-state index in [9.17, 15) is 4.79 Å². The molecule has 0 heterocycles. The Labute approximate surface area is 110 Å². The van der Waals surface area contributed by atoms with Gasteiger partial charge in [-0.3, -0.25) is 0 Å². The van der Waals surface area contributed by atoms with Gasteiger partial charge in [0.15, 0.2) is 0 Å². The van der Waals surface area contributed by atoms with Crippen LogP contribution in [0.5, 0.6) is 0 Å². The van der Waals surface area contributed by atoms with Crippen LogP contribution in [-0.4, -0.2) is 23.3 Å². The van der Waals surface area contributed by atoms with Gasteiger partial charge in [0, 0.05) is 22.3 Å². The summed E-state index contributed by atoms with van der Waals surface area (Å²) in [7, 11) is 0. The van der Waals surface area contributed by atoms with Gasteiger partial charge in [-0.2, -0.15) is 0 Å². The number of aliphatic hydroxyl groups excluding tert-OH is 1. The molecular weight excluding hydrogens is 284 g/mol. The molecule has 0 saturated heterocycles. The van der Waals surface area contributed by atoms with Crippen LogP contribution < -0.4 is 10.6 Å². The minimum absolute atomic E-state index is 0.0472. The zero-order valence-electron chi connectivity index (χ0n) is 9.96. The van der Waals surface area contributed by atoms with Gasteiger partial charge < -0.3 is 15.7 Å². The highest BCUT2D eigenvalue weighted by Crippen LogP contribution is 2.14. The number of hydrogen-bond donors (Lipinski definition) is 3. The van der Waals surface area contributed by atoms with Crippen molar-refractivity contribution in [2.24, 2.45) is 0 Å². The molecule has 1 aromatic carbocycles. The summed E-state index contributed by atoms with van der Waals surface area (Å²) in [5.41, 5.74) is 0.305. The Balaban J connectivity index is 2.52. The van der Waals surface area contributed by atoms with E-state index >= 15 is 0 Å². The van der Waals surface area contributed by atoms with E-state index in [4.69, 9.17) is 5.11 Å². The lowest BCUT2D eigenvalue weighted by molar-refractivity contribution is 0.218. The van der Waals surface area contributed by atoms with Crippen molar-refractivity contribution < 1.29 is 9.90 Å². The quantitative estimate of drug-likeness (QED) is 0.801. The summed E-state index contributed by atoms with van der Waals surface area (Å²) >= 11 is 3.32. The Morgan fingerprint density at radius 2 is 1.94 bits per heavy atom. The first-order valence-electron chi connectivity index (χ1n) is 5.38. The molecule has 1 rings (SSSR count). The molecule has 0 aliphatic heterocycles. The van der Waals surface area contributed by atoms with Crippen LogP contribution in [0.4, 0.5) is 10.5 Å². The fourth-order valence-corrected chi connectivity index (χ4v) is 1.61. The Hall–Kier alpha value is -1.07. The lowest BCUT2D eigenvalue weighted by Gasteiger charge is -2.25. The molecule has 1 aromatic rings. The average Bonchev–Trinajstić information content (AvgIpc) is 2.20. The smallest absolute Gasteiger partial charge is 0.319 e. The lowest BCUT2D eigenvalue weighted by atomic mass is 10.0. The second kappa shape index (κ2) is 6.02. The van der Waals surface area contributed by atoms with E-state index < -0.39 is 5.54 Å². The van der Waals surface area contributed by atoms with Crippen molar-refractivity contribution in [2.75, 3.05) is 11.9 Å². The summed E-state index contributed by atoms with van der Waals surface area (Å²) in [6.07, 6.45) is 0.515. The van der Waals surface area contributed by atoms with Gasteiger partial charge in [-0.05, 0) is 44.5 Å². The summed E-state index contributed by atoms with van der Waals surface area (Å²) in [6, 6.07) is 7.06. The van der Waals surface area contributed by atoms with Crippen LogP contribution in [0.15, 0.2) is 28.7 Å². The third kappa shape index (κ3) is 5.19. The van der Waals surface area contributed by atoms with Crippen molar-refractivity contribution >= 4 is 27.6 Å². The zero-order chi connectivity index (χ0) is 12.9. The standard InChI is InChI=1S/C12H17BrN2O2/c1-12(2,7-8-16)15-11(17)14-10-5-3-9(13)4-6-10/h3-6,16H,7-8H2,1-2H3,(H2,14,15,17). The van der Waals surface area contributed by atoms with E-state index in [0.717, 1.165) is 10.2 Å². The maximum atomic E-state index is 11.7. The number of hydrogen-bond acceptors (Lipinski definition) is 2. The fraction of sp³-hybridized carbons (Fsp3) is 0.417. The van der Waals surface area contributed by atoms with Crippen LogP contribution in [0.25, 0.3) is 0 Å².